The molecule has 3 heterocycles. The van der Waals surface area contributed by atoms with Gasteiger partial charge < -0.3 is 24.1 Å². The van der Waals surface area contributed by atoms with Crippen LogP contribution in [0.3, 0.4) is 0 Å². The lowest BCUT2D eigenvalue weighted by Crippen LogP contribution is -2.50. The number of carbonyl (C=O) groups is 1. The van der Waals surface area contributed by atoms with E-state index < -0.39 is 11.6 Å². The molecule has 1 unspecified atom stereocenters. The van der Waals surface area contributed by atoms with Crippen molar-refractivity contribution in [2.45, 2.75) is 56.1 Å². The van der Waals surface area contributed by atoms with Crippen molar-refractivity contribution in [3.8, 4) is 0 Å². The lowest BCUT2D eigenvalue weighted by molar-refractivity contribution is 0.0112. The van der Waals surface area contributed by atoms with E-state index in [2.05, 4.69) is 15.5 Å². The summed E-state index contributed by atoms with van der Waals surface area (Å²) in [4.78, 5) is 16.8. The van der Waals surface area contributed by atoms with Gasteiger partial charge in [0.25, 0.3) is 5.89 Å². The quantitative estimate of drug-likeness (QED) is 0.876. The monoisotopic (exact) mass is 337 g/mol. The van der Waals surface area contributed by atoms with Crippen LogP contribution in [0.2, 0.25) is 0 Å². The molecule has 0 radical (unpaired) electrons. The maximum absolute atomic E-state index is 12.3. The summed E-state index contributed by atoms with van der Waals surface area (Å²) in [6.07, 6.45) is 4.87. The summed E-state index contributed by atoms with van der Waals surface area (Å²) in [6.45, 7) is 2.08. The summed E-state index contributed by atoms with van der Waals surface area (Å²) in [5.74, 6) is 1.61. The topological polar surface area (TPSA) is 95.7 Å². The summed E-state index contributed by atoms with van der Waals surface area (Å²) in [5.41, 5.74) is -0.702. The van der Waals surface area contributed by atoms with Crippen LogP contribution in [0.4, 0.5) is 4.79 Å². The fourth-order valence-corrected chi connectivity index (χ4v) is 3.22. The SMILES string of the molecule is O=C(NC1(c2nc(C3CC3)no2)CCOCC1)OCC1CCCO1. The molecule has 3 fully saturated rings. The number of rotatable bonds is 5. The van der Waals surface area contributed by atoms with E-state index in [9.17, 15) is 4.79 Å². The van der Waals surface area contributed by atoms with Crippen LogP contribution in [-0.4, -0.2) is 48.8 Å². The van der Waals surface area contributed by atoms with Crippen molar-refractivity contribution in [1.29, 1.82) is 0 Å². The van der Waals surface area contributed by atoms with Crippen LogP contribution in [-0.2, 0) is 19.7 Å². The molecule has 8 nitrogen and oxygen atoms in total. The van der Waals surface area contributed by atoms with Crippen LogP contribution >= 0.6 is 0 Å². The smallest absolute Gasteiger partial charge is 0.408 e. The number of nitrogens with one attached hydrogen (secondary N) is 1. The summed E-state index contributed by atoms with van der Waals surface area (Å²) in [7, 11) is 0. The molecule has 4 rings (SSSR count). The van der Waals surface area contributed by atoms with E-state index in [1.165, 1.54) is 0 Å². The van der Waals surface area contributed by atoms with Crippen LogP contribution in [0, 0.1) is 0 Å². The number of hydrogen-bond donors (Lipinski definition) is 1. The van der Waals surface area contributed by atoms with Gasteiger partial charge in [-0.15, -0.1) is 0 Å². The molecule has 1 N–H and O–H groups in total. The fourth-order valence-electron chi connectivity index (χ4n) is 3.22. The highest BCUT2D eigenvalue weighted by Crippen LogP contribution is 2.40. The number of carbonyl (C=O) groups excluding carboxylic acids is 1. The molecular weight excluding hydrogens is 314 g/mol. The molecule has 0 aromatic carbocycles. The second-order valence-electron chi connectivity index (χ2n) is 6.78. The Morgan fingerprint density at radius 2 is 2.08 bits per heavy atom. The Labute approximate surface area is 140 Å². The van der Waals surface area contributed by atoms with Gasteiger partial charge in [-0.2, -0.15) is 4.98 Å². The van der Waals surface area contributed by atoms with Crippen LogP contribution in [0.15, 0.2) is 4.52 Å². The fraction of sp³-hybridized carbons (Fsp3) is 0.812. The Hall–Kier alpha value is -1.67. The maximum atomic E-state index is 12.3. The molecule has 1 saturated carbocycles. The van der Waals surface area contributed by atoms with Crippen molar-refractivity contribution in [1.82, 2.24) is 15.5 Å². The van der Waals surface area contributed by atoms with Crippen molar-refractivity contribution >= 4 is 6.09 Å². The molecule has 8 heteroatoms. The summed E-state index contributed by atoms with van der Waals surface area (Å²) < 4.78 is 21.7. The first-order valence-corrected chi connectivity index (χ1v) is 8.73. The molecule has 1 amide bonds. The van der Waals surface area contributed by atoms with Crippen molar-refractivity contribution in [3.63, 3.8) is 0 Å². The number of alkyl carbamates (subject to hydrolysis) is 1. The molecule has 1 atom stereocenters. The minimum Gasteiger partial charge on any atom is -0.447 e. The van der Waals surface area contributed by atoms with Gasteiger partial charge in [-0.05, 0) is 25.7 Å². The van der Waals surface area contributed by atoms with Crippen molar-refractivity contribution in [2.75, 3.05) is 26.4 Å². The second-order valence-corrected chi connectivity index (χ2v) is 6.78. The zero-order valence-electron chi connectivity index (χ0n) is 13.7. The van der Waals surface area contributed by atoms with Gasteiger partial charge in [0.1, 0.15) is 12.1 Å². The van der Waals surface area contributed by atoms with E-state index in [1.54, 1.807) is 0 Å². The molecule has 0 spiro atoms. The Kier molecular flexibility index (Phi) is 4.41. The predicted molar refractivity (Wildman–Crippen MR) is 81.5 cm³/mol. The third-order valence-corrected chi connectivity index (χ3v) is 4.91. The van der Waals surface area contributed by atoms with E-state index in [1.807, 2.05) is 0 Å². The molecule has 2 saturated heterocycles. The van der Waals surface area contributed by atoms with E-state index in [-0.39, 0.29) is 12.7 Å². The number of amides is 1. The molecule has 1 aromatic rings. The van der Waals surface area contributed by atoms with Gasteiger partial charge in [0.05, 0.1) is 6.10 Å². The zero-order chi connectivity index (χ0) is 16.4. The van der Waals surface area contributed by atoms with E-state index in [4.69, 9.17) is 18.7 Å². The van der Waals surface area contributed by atoms with E-state index in [0.29, 0.717) is 37.9 Å². The first-order chi connectivity index (χ1) is 11.8. The highest BCUT2D eigenvalue weighted by atomic mass is 16.6. The van der Waals surface area contributed by atoms with Crippen LogP contribution in [0.5, 0.6) is 0 Å². The summed E-state index contributed by atoms with van der Waals surface area (Å²) >= 11 is 0. The molecule has 24 heavy (non-hydrogen) atoms. The Bertz CT molecular complexity index is 574. The third kappa shape index (κ3) is 3.39. The second kappa shape index (κ2) is 6.68. The van der Waals surface area contributed by atoms with Gasteiger partial charge in [0.2, 0.25) is 0 Å². The molecule has 2 aliphatic heterocycles. The molecule has 132 valence electrons. The predicted octanol–water partition coefficient (Wildman–Crippen LogP) is 1.86. The molecular formula is C16H23N3O5. The largest absolute Gasteiger partial charge is 0.447 e. The number of ether oxygens (including phenoxy) is 3. The minimum atomic E-state index is -0.702. The van der Waals surface area contributed by atoms with E-state index >= 15 is 0 Å². The average Bonchev–Trinajstić information content (AvgIpc) is 3.12. The van der Waals surface area contributed by atoms with Gasteiger partial charge in [0, 0.05) is 38.6 Å². The number of hydrogen-bond acceptors (Lipinski definition) is 7. The highest BCUT2D eigenvalue weighted by molar-refractivity contribution is 5.68. The van der Waals surface area contributed by atoms with Gasteiger partial charge in [-0.1, -0.05) is 5.16 Å². The molecule has 1 aromatic heterocycles. The average molecular weight is 337 g/mol. The molecule has 0 bridgehead atoms. The first-order valence-electron chi connectivity index (χ1n) is 8.73. The number of nitrogens with zero attached hydrogens (tertiary/aromatic N) is 2. The zero-order valence-corrected chi connectivity index (χ0v) is 13.7. The summed E-state index contributed by atoms with van der Waals surface area (Å²) in [6, 6.07) is 0. The Balaban J connectivity index is 1.42. The number of aromatic nitrogens is 2. The summed E-state index contributed by atoms with van der Waals surface area (Å²) in [5, 5.41) is 7.03. The van der Waals surface area contributed by atoms with Crippen LogP contribution in [0.1, 0.15) is 56.2 Å². The Morgan fingerprint density at radius 1 is 1.25 bits per heavy atom. The lowest BCUT2D eigenvalue weighted by atomic mass is 9.90. The van der Waals surface area contributed by atoms with Gasteiger partial charge in [-0.25, -0.2) is 4.79 Å². The standard InChI is InChI=1S/C16H23N3O5/c20-15(23-10-12-2-1-7-22-12)18-16(5-8-21-9-6-16)14-17-13(19-24-14)11-3-4-11/h11-12H,1-10H2,(H,18,20). The van der Waals surface area contributed by atoms with E-state index in [0.717, 1.165) is 38.1 Å². The van der Waals surface area contributed by atoms with Crippen molar-refractivity contribution in [2.24, 2.45) is 0 Å². The third-order valence-electron chi connectivity index (χ3n) is 4.91. The molecule has 3 aliphatic rings. The van der Waals surface area contributed by atoms with Gasteiger partial charge in [0.15, 0.2) is 5.82 Å². The van der Waals surface area contributed by atoms with Gasteiger partial charge >= 0.3 is 6.09 Å². The van der Waals surface area contributed by atoms with Crippen LogP contribution < -0.4 is 5.32 Å². The van der Waals surface area contributed by atoms with Crippen molar-refractivity contribution in [3.05, 3.63) is 11.7 Å². The first kappa shape index (κ1) is 15.8. The normalized spacial score (nSPS) is 26.2. The molecule has 1 aliphatic carbocycles. The van der Waals surface area contributed by atoms with Crippen LogP contribution in [0.25, 0.3) is 0 Å². The van der Waals surface area contributed by atoms with Crippen molar-refractivity contribution < 1.29 is 23.5 Å². The Morgan fingerprint density at radius 3 is 2.79 bits per heavy atom. The minimum absolute atomic E-state index is 0.00580. The maximum Gasteiger partial charge on any atom is 0.408 e. The lowest BCUT2D eigenvalue weighted by Gasteiger charge is -2.34. The van der Waals surface area contributed by atoms with Gasteiger partial charge in [-0.3, -0.25) is 0 Å². The highest BCUT2D eigenvalue weighted by Gasteiger charge is 2.43.